The van der Waals surface area contributed by atoms with E-state index in [2.05, 4.69) is 15.9 Å². The minimum absolute atomic E-state index is 0.123. The van der Waals surface area contributed by atoms with Crippen LogP contribution in [0.25, 0.3) is 0 Å². The van der Waals surface area contributed by atoms with Gasteiger partial charge in [0.15, 0.2) is 0 Å². The number of hydrogen-bond acceptors (Lipinski definition) is 4. The van der Waals surface area contributed by atoms with Crippen LogP contribution in [0.4, 0.5) is 10.5 Å². The van der Waals surface area contributed by atoms with Crippen LogP contribution in [0, 0.1) is 0 Å². The molecule has 6 nitrogen and oxygen atoms in total. The minimum atomic E-state index is -3.92. The van der Waals surface area contributed by atoms with Crippen LogP contribution in [0.15, 0.2) is 27.6 Å². The third-order valence-corrected chi connectivity index (χ3v) is 3.58. The Kier molecular flexibility index (Phi) is 3.20. The van der Waals surface area contributed by atoms with E-state index >= 15 is 0 Å². The standard InChI is InChI=1S/C7H8BrN3O3S/c8-5-2-1-4(3-6(5)9)15(13,14)11-7(10)12/h1-3H,9H2,(H3,10,11,12). The summed E-state index contributed by atoms with van der Waals surface area (Å²) in [7, 11) is -3.92. The van der Waals surface area contributed by atoms with E-state index in [1.54, 1.807) is 4.72 Å². The zero-order valence-electron chi connectivity index (χ0n) is 7.40. The number of primary amides is 1. The first kappa shape index (κ1) is 11.8. The molecule has 8 heteroatoms. The van der Waals surface area contributed by atoms with Gasteiger partial charge in [-0.1, -0.05) is 0 Å². The Morgan fingerprint density at radius 2 is 2.00 bits per heavy atom. The SMILES string of the molecule is NC(=O)NS(=O)(=O)c1ccc(Br)c(N)c1. The lowest BCUT2D eigenvalue weighted by molar-refractivity contribution is 0.253. The molecule has 1 aromatic rings. The third kappa shape index (κ3) is 2.83. The zero-order valence-corrected chi connectivity index (χ0v) is 9.80. The van der Waals surface area contributed by atoms with Crippen LogP contribution in [0.5, 0.6) is 0 Å². The van der Waals surface area contributed by atoms with Gasteiger partial charge in [0.2, 0.25) is 0 Å². The second-order valence-corrected chi connectivity index (χ2v) is 5.19. The number of nitrogen functional groups attached to an aromatic ring is 1. The van der Waals surface area contributed by atoms with Crippen LogP contribution in [-0.2, 0) is 10.0 Å². The van der Waals surface area contributed by atoms with Gasteiger partial charge in [0.05, 0.1) is 4.90 Å². The molecule has 0 saturated carbocycles. The van der Waals surface area contributed by atoms with Crippen molar-refractivity contribution in [3.63, 3.8) is 0 Å². The monoisotopic (exact) mass is 293 g/mol. The van der Waals surface area contributed by atoms with Gasteiger partial charge in [-0.2, -0.15) is 0 Å². The Labute approximate surface area is 94.8 Å². The number of hydrogen-bond donors (Lipinski definition) is 3. The van der Waals surface area contributed by atoms with Gasteiger partial charge in [-0.15, -0.1) is 0 Å². The molecule has 0 saturated heterocycles. The third-order valence-electron chi connectivity index (χ3n) is 1.51. The number of anilines is 1. The Morgan fingerprint density at radius 3 is 2.47 bits per heavy atom. The number of amides is 2. The first-order valence-corrected chi connectivity index (χ1v) is 5.98. The Hall–Kier alpha value is -1.28. The van der Waals surface area contributed by atoms with Crippen molar-refractivity contribution in [2.24, 2.45) is 5.73 Å². The molecule has 0 fully saturated rings. The quantitative estimate of drug-likeness (QED) is 0.684. The van der Waals surface area contributed by atoms with Gasteiger partial charge in [-0.25, -0.2) is 17.9 Å². The van der Waals surface area contributed by atoms with Crippen molar-refractivity contribution in [1.29, 1.82) is 0 Å². The normalized spacial score (nSPS) is 11.0. The summed E-state index contributed by atoms with van der Waals surface area (Å²) < 4.78 is 25.0. The highest BCUT2D eigenvalue weighted by Crippen LogP contribution is 2.22. The van der Waals surface area contributed by atoms with Gasteiger partial charge in [0, 0.05) is 10.2 Å². The van der Waals surface area contributed by atoms with E-state index < -0.39 is 16.1 Å². The fourth-order valence-electron chi connectivity index (χ4n) is 0.880. The molecule has 0 atom stereocenters. The number of nitrogens with two attached hydrogens (primary N) is 2. The van der Waals surface area contributed by atoms with Gasteiger partial charge in [-0.3, -0.25) is 0 Å². The van der Waals surface area contributed by atoms with Crippen molar-refractivity contribution in [2.45, 2.75) is 4.90 Å². The fraction of sp³-hybridized carbons (Fsp3) is 0. The van der Waals surface area contributed by atoms with Gasteiger partial charge in [0.25, 0.3) is 10.0 Å². The van der Waals surface area contributed by atoms with Crippen LogP contribution in [-0.4, -0.2) is 14.4 Å². The number of carbonyl (C=O) groups excluding carboxylic acids is 1. The molecule has 0 spiro atoms. The smallest absolute Gasteiger partial charge is 0.326 e. The summed E-state index contributed by atoms with van der Waals surface area (Å²) in [6.45, 7) is 0. The van der Waals surface area contributed by atoms with E-state index in [1.807, 2.05) is 0 Å². The number of urea groups is 1. The van der Waals surface area contributed by atoms with Gasteiger partial charge in [-0.05, 0) is 34.1 Å². The molecule has 0 aliphatic rings. The van der Waals surface area contributed by atoms with E-state index in [4.69, 9.17) is 11.5 Å². The number of sulfonamides is 1. The van der Waals surface area contributed by atoms with Crippen LogP contribution in [0.2, 0.25) is 0 Å². The zero-order chi connectivity index (χ0) is 11.6. The van der Waals surface area contributed by atoms with Crippen molar-refractivity contribution in [2.75, 3.05) is 5.73 Å². The highest BCUT2D eigenvalue weighted by atomic mass is 79.9. The molecule has 0 aromatic heterocycles. The molecule has 1 rings (SSSR count). The second kappa shape index (κ2) is 4.07. The maximum Gasteiger partial charge on any atom is 0.326 e. The summed E-state index contributed by atoms with van der Waals surface area (Å²) in [5.41, 5.74) is 10.5. The van der Waals surface area contributed by atoms with Crippen molar-refractivity contribution >= 4 is 37.7 Å². The molecular weight excluding hydrogens is 286 g/mol. The molecule has 0 bridgehead atoms. The van der Waals surface area contributed by atoms with E-state index in [9.17, 15) is 13.2 Å². The fourth-order valence-corrected chi connectivity index (χ4v) is 2.04. The number of carbonyl (C=O) groups is 1. The average molecular weight is 294 g/mol. The molecular formula is C7H8BrN3O3S. The Bertz CT molecular complexity index is 500. The molecule has 0 unspecified atom stereocenters. The van der Waals surface area contributed by atoms with Crippen LogP contribution < -0.4 is 16.2 Å². The molecule has 2 amide bonds. The van der Waals surface area contributed by atoms with Crippen LogP contribution >= 0.6 is 15.9 Å². The van der Waals surface area contributed by atoms with E-state index in [0.717, 1.165) is 0 Å². The molecule has 0 aliphatic carbocycles. The first-order chi connectivity index (χ1) is 6.83. The van der Waals surface area contributed by atoms with E-state index in [1.165, 1.54) is 18.2 Å². The summed E-state index contributed by atoms with van der Waals surface area (Å²) in [6.07, 6.45) is 0. The maximum absolute atomic E-state index is 11.4. The van der Waals surface area contributed by atoms with Gasteiger partial charge >= 0.3 is 6.03 Å². The van der Waals surface area contributed by atoms with Gasteiger partial charge in [0.1, 0.15) is 0 Å². The predicted molar refractivity (Wildman–Crippen MR) is 58.5 cm³/mol. The van der Waals surface area contributed by atoms with Crippen LogP contribution in [0.1, 0.15) is 0 Å². The van der Waals surface area contributed by atoms with Crippen molar-refractivity contribution in [3.05, 3.63) is 22.7 Å². The number of benzene rings is 1. The molecule has 82 valence electrons. The summed E-state index contributed by atoms with van der Waals surface area (Å²) >= 11 is 3.12. The number of halogens is 1. The largest absolute Gasteiger partial charge is 0.398 e. The summed E-state index contributed by atoms with van der Waals surface area (Å²) in [5, 5.41) is 0. The van der Waals surface area contributed by atoms with Crippen molar-refractivity contribution < 1.29 is 13.2 Å². The van der Waals surface area contributed by atoms with Crippen molar-refractivity contribution in [1.82, 2.24) is 4.72 Å². The highest BCUT2D eigenvalue weighted by Gasteiger charge is 2.16. The molecule has 15 heavy (non-hydrogen) atoms. The highest BCUT2D eigenvalue weighted by molar-refractivity contribution is 9.10. The number of nitrogens with one attached hydrogen (secondary N) is 1. The summed E-state index contributed by atoms with van der Waals surface area (Å²) in [4.78, 5) is 10.3. The number of rotatable bonds is 2. The summed E-state index contributed by atoms with van der Waals surface area (Å²) in [5.74, 6) is 0. The van der Waals surface area contributed by atoms with Crippen LogP contribution in [0.3, 0.4) is 0 Å². The molecule has 0 radical (unpaired) electrons. The molecule has 5 N–H and O–H groups in total. The lowest BCUT2D eigenvalue weighted by atomic mass is 10.3. The molecule has 1 aromatic carbocycles. The van der Waals surface area contributed by atoms with Crippen molar-refractivity contribution in [3.8, 4) is 0 Å². The second-order valence-electron chi connectivity index (χ2n) is 2.65. The first-order valence-electron chi connectivity index (χ1n) is 3.70. The summed E-state index contributed by atoms with van der Waals surface area (Å²) in [6, 6.07) is 2.84. The van der Waals surface area contributed by atoms with E-state index in [-0.39, 0.29) is 10.6 Å². The lowest BCUT2D eigenvalue weighted by Crippen LogP contribution is -2.34. The topological polar surface area (TPSA) is 115 Å². The lowest BCUT2D eigenvalue weighted by Gasteiger charge is -2.05. The predicted octanol–water partition coefficient (Wildman–Crippen LogP) is 0.388. The molecule has 0 heterocycles. The Balaban J connectivity index is 3.17. The molecule has 0 aliphatic heterocycles. The Morgan fingerprint density at radius 1 is 1.40 bits per heavy atom. The minimum Gasteiger partial charge on any atom is -0.398 e. The average Bonchev–Trinajstić information content (AvgIpc) is 2.07. The van der Waals surface area contributed by atoms with Gasteiger partial charge < -0.3 is 11.5 Å². The maximum atomic E-state index is 11.4. The van der Waals surface area contributed by atoms with E-state index in [0.29, 0.717) is 4.47 Å².